The Morgan fingerprint density at radius 3 is 2.27 bits per heavy atom. The summed E-state index contributed by atoms with van der Waals surface area (Å²) in [5.41, 5.74) is 5.02. The molecule has 0 aliphatic heterocycles. The number of rotatable bonds is 1. The molecular weight excluding hydrogens is 184 g/mol. The maximum absolute atomic E-state index is 4.31. The molecule has 1 heterocycles. The van der Waals surface area contributed by atoms with Gasteiger partial charge in [0.2, 0.25) is 0 Å². The first kappa shape index (κ1) is 9.97. The van der Waals surface area contributed by atoms with Gasteiger partial charge in [0.1, 0.15) is 5.82 Å². The maximum Gasteiger partial charge on any atom is 0.110 e. The van der Waals surface area contributed by atoms with Crippen molar-refractivity contribution in [1.29, 1.82) is 0 Å². The molecule has 0 saturated carbocycles. The van der Waals surface area contributed by atoms with Gasteiger partial charge in [-0.05, 0) is 51.0 Å². The molecule has 2 rings (SSSR count). The average Bonchev–Trinajstić information content (AvgIpc) is 2.52. The van der Waals surface area contributed by atoms with Gasteiger partial charge in [0.15, 0.2) is 0 Å². The number of nitrogens with zero attached hydrogens (tertiary/aromatic N) is 2. The van der Waals surface area contributed by atoms with E-state index >= 15 is 0 Å². The van der Waals surface area contributed by atoms with E-state index in [9.17, 15) is 0 Å². The van der Waals surface area contributed by atoms with Crippen molar-refractivity contribution in [3.63, 3.8) is 0 Å². The molecule has 0 aliphatic rings. The average molecular weight is 200 g/mol. The van der Waals surface area contributed by atoms with E-state index in [1.165, 1.54) is 22.5 Å². The fraction of sp³-hybridized carbons (Fsp3) is 0.308. The molecule has 78 valence electrons. The molecule has 0 radical (unpaired) electrons. The first-order valence-corrected chi connectivity index (χ1v) is 5.18. The fourth-order valence-corrected chi connectivity index (χ4v) is 1.81. The summed E-state index contributed by atoms with van der Waals surface area (Å²) >= 11 is 0. The maximum atomic E-state index is 4.31. The van der Waals surface area contributed by atoms with Crippen LogP contribution in [0.25, 0.3) is 5.69 Å². The molecule has 0 fully saturated rings. The summed E-state index contributed by atoms with van der Waals surface area (Å²) in [6, 6.07) is 6.50. The van der Waals surface area contributed by atoms with E-state index < -0.39 is 0 Å². The minimum Gasteiger partial charge on any atom is -0.301 e. The predicted molar refractivity (Wildman–Crippen MR) is 62.5 cm³/mol. The minimum atomic E-state index is 1.04. The monoisotopic (exact) mass is 200 g/mol. The van der Waals surface area contributed by atoms with Crippen LogP contribution in [0.5, 0.6) is 0 Å². The van der Waals surface area contributed by atoms with Gasteiger partial charge < -0.3 is 4.57 Å². The van der Waals surface area contributed by atoms with Crippen molar-refractivity contribution in [3.8, 4) is 5.69 Å². The zero-order valence-corrected chi connectivity index (χ0v) is 9.70. The zero-order chi connectivity index (χ0) is 11.0. The van der Waals surface area contributed by atoms with Crippen molar-refractivity contribution in [3.05, 3.63) is 47.0 Å². The van der Waals surface area contributed by atoms with Crippen molar-refractivity contribution in [2.45, 2.75) is 27.7 Å². The Morgan fingerprint density at radius 2 is 1.73 bits per heavy atom. The summed E-state index contributed by atoms with van der Waals surface area (Å²) in [7, 11) is 0. The molecule has 2 heteroatoms. The van der Waals surface area contributed by atoms with Crippen LogP contribution in [0.3, 0.4) is 0 Å². The van der Waals surface area contributed by atoms with Crippen molar-refractivity contribution in [2.24, 2.45) is 0 Å². The van der Waals surface area contributed by atoms with Crippen LogP contribution in [0.15, 0.2) is 24.4 Å². The van der Waals surface area contributed by atoms with Crippen LogP contribution in [0, 0.1) is 27.7 Å². The Morgan fingerprint density at radius 1 is 1.00 bits per heavy atom. The van der Waals surface area contributed by atoms with Gasteiger partial charge in [0, 0.05) is 17.6 Å². The van der Waals surface area contributed by atoms with Crippen LogP contribution < -0.4 is 0 Å². The molecule has 0 unspecified atom stereocenters. The molecule has 0 spiro atoms. The summed E-state index contributed by atoms with van der Waals surface area (Å²) in [5.74, 6) is 1.04. The van der Waals surface area contributed by atoms with Gasteiger partial charge in [0.05, 0.1) is 0 Å². The summed E-state index contributed by atoms with van der Waals surface area (Å²) in [4.78, 5) is 4.31. The second kappa shape index (κ2) is 3.54. The molecule has 2 nitrogen and oxygen atoms in total. The van der Waals surface area contributed by atoms with E-state index in [4.69, 9.17) is 0 Å². The first-order valence-electron chi connectivity index (χ1n) is 5.18. The topological polar surface area (TPSA) is 17.8 Å². The number of aromatic nitrogens is 2. The highest BCUT2D eigenvalue weighted by Gasteiger charge is 2.05. The van der Waals surface area contributed by atoms with Crippen molar-refractivity contribution in [1.82, 2.24) is 9.55 Å². The molecule has 15 heavy (non-hydrogen) atoms. The Labute approximate surface area is 90.6 Å². The largest absolute Gasteiger partial charge is 0.301 e. The lowest BCUT2D eigenvalue weighted by Crippen LogP contribution is -1.99. The van der Waals surface area contributed by atoms with Gasteiger partial charge in [0.25, 0.3) is 0 Å². The molecule has 1 aromatic carbocycles. The van der Waals surface area contributed by atoms with E-state index in [1.54, 1.807) is 0 Å². The van der Waals surface area contributed by atoms with Crippen LogP contribution in [0.2, 0.25) is 0 Å². The minimum absolute atomic E-state index is 1.04. The summed E-state index contributed by atoms with van der Waals surface area (Å²) in [6.07, 6.45) is 1.91. The predicted octanol–water partition coefficient (Wildman–Crippen LogP) is 3.11. The quantitative estimate of drug-likeness (QED) is 0.691. The van der Waals surface area contributed by atoms with E-state index in [2.05, 4.69) is 48.5 Å². The van der Waals surface area contributed by atoms with Crippen LogP contribution in [0.1, 0.15) is 22.6 Å². The lowest BCUT2D eigenvalue weighted by molar-refractivity contribution is 0.938. The number of benzene rings is 1. The van der Waals surface area contributed by atoms with E-state index in [0.29, 0.717) is 0 Å². The molecule has 1 aromatic heterocycles. The molecule has 2 aromatic rings. The molecule has 0 aliphatic carbocycles. The number of hydrogen-bond acceptors (Lipinski definition) is 1. The number of aryl methyl sites for hydroxylation is 4. The summed E-state index contributed by atoms with van der Waals surface area (Å²) in [6.45, 7) is 8.38. The smallest absolute Gasteiger partial charge is 0.110 e. The SMILES string of the molecule is Cc1ccc(-n2c(C)cnc2C)cc1C. The Balaban J connectivity index is 2.59. The van der Waals surface area contributed by atoms with Crippen molar-refractivity contribution in [2.75, 3.05) is 0 Å². The van der Waals surface area contributed by atoms with Gasteiger partial charge >= 0.3 is 0 Å². The summed E-state index contributed by atoms with van der Waals surface area (Å²) in [5, 5.41) is 0. The van der Waals surface area contributed by atoms with Crippen LogP contribution in [0.4, 0.5) is 0 Å². The Bertz CT molecular complexity index is 476. The summed E-state index contributed by atoms with van der Waals surface area (Å²) < 4.78 is 2.17. The molecule has 0 saturated heterocycles. The Hall–Kier alpha value is -1.57. The lowest BCUT2D eigenvalue weighted by Gasteiger charge is -2.10. The highest BCUT2D eigenvalue weighted by molar-refractivity contribution is 5.41. The van der Waals surface area contributed by atoms with Crippen LogP contribution in [-0.2, 0) is 0 Å². The third-order valence-corrected chi connectivity index (χ3v) is 2.86. The number of hydrogen-bond donors (Lipinski definition) is 0. The van der Waals surface area contributed by atoms with Crippen molar-refractivity contribution >= 4 is 0 Å². The Kier molecular flexibility index (Phi) is 2.35. The number of imidazole rings is 1. The molecule has 0 N–H and O–H groups in total. The van der Waals surface area contributed by atoms with Crippen molar-refractivity contribution < 1.29 is 0 Å². The van der Waals surface area contributed by atoms with Gasteiger partial charge in [-0.3, -0.25) is 0 Å². The lowest BCUT2D eigenvalue weighted by atomic mass is 10.1. The highest BCUT2D eigenvalue weighted by Crippen LogP contribution is 2.17. The van der Waals surface area contributed by atoms with Gasteiger partial charge in [-0.15, -0.1) is 0 Å². The van der Waals surface area contributed by atoms with Gasteiger partial charge in [-0.25, -0.2) is 4.98 Å². The molecule has 0 atom stereocenters. The first-order chi connectivity index (χ1) is 7.09. The standard InChI is InChI=1S/C13H16N2/c1-9-5-6-13(7-10(9)2)15-11(3)8-14-12(15)4/h5-8H,1-4H3. The second-order valence-corrected chi connectivity index (χ2v) is 4.05. The molecule has 0 amide bonds. The van der Waals surface area contributed by atoms with Crippen LogP contribution in [-0.4, -0.2) is 9.55 Å². The van der Waals surface area contributed by atoms with Gasteiger partial charge in [-0.2, -0.15) is 0 Å². The van der Waals surface area contributed by atoms with E-state index in [1.807, 2.05) is 13.1 Å². The third-order valence-electron chi connectivity index (χ3n) is 2.86. The zero-order valence-electron chi connectivity index (χ0n) is 9.70. The molecular formula is C13H16N2. The third kappa shape index (κ3) is 1.67. The van der Waals surface area contributed by atoms with Crippen LogP contribution >= 0.6 is 0 Å². The van der Waals surface area contributed by atoms with E-state index in [-0.39, 0.29) is 0 Å². The highest BCUT2D eigenvalue weighted by atomic mass is 15.1. The van der Waals surface area contributed by atoms with E-state index in [0.717, 1.165) is 5.82 Å². The van der Waals surface area contributed by atoms with Gasteiger partial charge in [-0.1, -0.05) is 6.07 Å². The second-order valence-electron chi connectivity index (χ2n) is 4.05. The fourth-order valence-electron chi connectivity index (χ4n) is 1.81. The molecule has 0 bridgehead atoms. The normalized spacial score (nSPS) is 10.7.